The Morgan fingerprint density at radius 3 is 2.79 bits per heavy atom. The predicted molar refractivity (Wildman–Crippen MR) is 54.9 cm³/mol. The first-order chi connectivity index (χ1) is 6.52. The molecule has 0 spiro atoms. The maximum Gasteiger partial charge on any atom is 0.239 e. The van der Waals surface area contributed by atoms with E-state index in [0.29, 0.717) is 12.5 Å². The van der Waals surface area contributed by atoms with Gasteiger partial charge in [0, 0.05) is 13.6 Å². The summed E-state index contributed by atoms with van der Waals surface area (Å²) < 4.78 is 0. The van der Waals surface area contributed by atoms with Gasteiger partial charge >= 0.3 is 0 Å². The Labute approximate surface area is 85.3 Å². The first-order valence-corrected chi connectivity index (χ1v) is 5.18. The van der Waals surface area contributed by atoms with Crippen LogP contribution in [0, 0.1) is 5.92 Å². The predicted octanol–water partition coefficient (Wildman–Crippen LogP) is -0.176. The SMILES string of the molecule is CC(O)CN(C)C(=O)C1NCCC1C. The fourth-order valence-electron chi connectivity index (χ4n) is 1.89. The largest absolute Gasteiger partial charge is 0.392 e. The number of carbonyl (C=O) groups is 1. The number of carbonyl (C=O) groups excluding carboxylic acids is 1. The van der Waals surface area contributed by atoms with Crippen LogP contribution >= 0.6 is 0 Å². The van der Waals surface area contributed by atoms with Crippen molar-refractivity contribution in [2.75, 3.05) is 20.1 Å². The number of aliphatic hydroxyl groups is 1. The van der Waals surface area contributed by atoms with Gasteiger partial charge in [0.25, 0.3) is 0 Å². The highest BCUT2D eigenvalue weighted by Crippen LogP contribution is 2.16. The minimum absolute atomic E-state index is 0.0567. The van der Waals surface area contributed by atoms with E-state index < -0.39 is 6.10 Å². The number of likely N-dealkylation sites (N-methyl/N-ethyl adjacent to an activating group) is 1. The Kier molecular flexibility index (Phi) is 3.89. The quantitative estimate of drug-likeness (QED) is 0.664. The highest BCUT2D eigenvalue weighted by atomic mass is 16.3. The zero-order valence-corrected chi connectivity index (χ0v) is 9.16. The molecule has 0 radical (unpaired) electrons. The van der Waals surface area contributed by atoms with Crippen molar-refractivity contribution >= 4 is 5.91 Å². The summed E-state index contributed by atoms with van der Waals surface area (Å²) in [4.78, 5) is 13.4. The standard InChI is InChI=1S/C10H20N2O2/c1-7-4-5-11-9(7)10(14)12(3)6-8(2)13/h7-9,11,13H,4-6H2,1-3H3. The van der Waals surface area contributed by atoms with Crippen LogP contribution < -0.4 is 5.32 Å². The van der Waals surface area contributed by atoms with Gasteiger partial charge in [-0.2, -0.15) is 0 Å². The summed E-state index contributed by atoms with van der Waals surface area (Å²) >= 11 is 0. The normalized spacial score (nSPS) is 28.9. The van der Waals surface area contributed by atoms with Gasteiger partial charge in [0.05, 0.1) is 12.1 Å². The summed E-state index contributed by atoms with van der Waals surface area (Å²) in [6.07, 6.45) is 0.597. The molecule has 3 unspecified atom stereocenters. The summed E-state index contributed by atoms with van der Waals surface area (Å²) in [7, 11) is 1.74. The average molecular weight is 200 g/mol. The molecular formula is C10H20N2O2. The molecule has 1 aliphatic rings. The first kappa shape index (κ1) is 11.5. The highest BCUT2D eigenvalue weighted by molar-refractivity contribution is 5.82. The molecule has 1 saturated heterocycles. The molecule has 0 bridgehead atoms. The van der Waals surface area contributed by atoms with Crippen LogP contribution in [-0.2, 0) is 4.79 Å². The summed E-state index contributed by atoms with van der Waals surface area (Å²) in [6, 6.07) is -0.0567. The van der Waals surface area contributed by atoms with Crippen LogP contribution in [0.2, 0.25) is 0 Å². The molecule has 4 heteroatoms. The van der Waals surface area contributed by atoms with E-state index in [-0.39, 0.29) is 11.9 Å². The van der Waals surface area contributed by atoms with Crippen LogP contribution in [0.25, 0.3) is 0 Å². The number of amides is 1. The van der Waals surface area contributed by atoms with E-state index in [1.807, 2.05) is 0 Å². The van der Waals surface area contributed by atoms with E-state index in [4.69, 9.17) is 5.11 Å². The van der Waals surface area contributed by atoms with E-state index in [1.165, 1.54) is 0 Å². The molecule has 1 rings (SSSR count). The molecule has 2 N–H and O–H groups in total. The lowest BCUT2D eigenvalue weighted by Crippen LogP contribution is -2.46. The van der Waals surface area contributed by atoms with Crippen molar-refractivity contribution in [3.05, 3.63) is 0 Å². The van der Waals surface area contributed by atoms with Gasteiger partial charge in [-0.05, 0) is 25.8 Å². The monoisotopic (exact) mass is 200 g/mol. The van der Waals surface area contributed by atoms with Crippen molar-refractivity contribution in [2.45, 2.75) is 32.4 Å². The number of nitrogens with one attached hydrogen (secondary N) is 1. The number of aliphatic hydroxyl groups excluding tert-OH is 1. The molecule has 1 aliphatic heterocycles. The van der Waals surface area contributed by atoms with Crippen LogP contribution in [-0.4, -0.2) is 48.2 Å². The van der Waals surface area contributed by atoms with Gasteiger partial charge in [0.2, 0.25) is 5.91 Å². The number of hydrogen-bond acceptors (Lipinski definition) is 3. The molecule has 3 atom stereocenters. The van der Waals surface area contributed by atoms with Crippen LogP contribution in [0.4, 0.5) is 0 Å². The van der Waals surface area contributed by atoms with Crippen molar-refractivity contribution < 1.29 is 9.90 Å². The average Bonchev–Trinajstić information content (AvgIpc) is 2.48. The molecule has 1 amide bonds. The second-order valence-corrected chi connectivity index (χ2v) is 4.27. The van der Waals surface area contributed by atoms with E-state index in [1.54, 1.807) is 18.9 Å². The minimum atomic E-state index is -0.458. The van der Waals surface area contributed by atoms with Gasteiger partial charge in [-0.1, -0.05) is 6.92 Å². The molecule has 1 fully saturated rings. The number of hydrogen-bond donors (Lipinski definition) is 2. The second-order valence-electron chi connectivity index (χ2n) is 4.27. The molecule has 82 valence electrons. The minimum Gasteiger partial charge on any atom is -0.392 e. The summed E-state index contributed by atoms with van der Waals surface area (Å²) in [6.45, 7) is 5.10. The Morgan fingerprint density at radius 1 is 1.71 bits per heavy atom. The van der Waals surface area contributed by atoms with Crippen molar-refractivity contribution in [3.8, 4) is 0 Å². The Morgan fingerprint density at radius 2 is 2.36 bits per heavy atom. The molecule has 1 heterocycles. The first-order valence-electron chi connectivity index (χ1n) is 5.18. The Bertz CT molecular complexity index is 206. The van der Waals surface area contributed by atoms with E-state index in [2.05, 4.69) is 12.2 Å². The Hall–Kier alpha value is -0.610. The summed E-state index contributed by atoms with van der Waals surface area (Å²) in [5.41, 5.74) is 0. The maximum absolute atomic E-state index is 11.8. The van der Waals surface area contributed by atoms with Crippen LogP contribution in [0.15, 0.2) is 0 Å². The van der Waals surface area contributed by atoms with Gasteiger partial charge < -0.3 is 15.3 Å². The molecule has 0 aromatic heterocycles. The highest BCUT2D eigenvalue weighted by Gasteiger charge is 2.31. The third-order valence-electron chi connectivity index (χ3n) is 2.71. The zero-order chi connectivity index (χ0) is 10.7. The zero-order valence-electron chi connectivity index (χ0n) is 9.16. The van der Waals surface area contributed by atoms with Gasteiger partial charge in [0.15, 0.2) is 0 Å². The summed E-state index contributed by atoms with van der Waals surface area (Å²) in [5, 5.41) is 12.4. The molecular weight excluding hydrogens is 180 g/mol. The third-order valence-corrected chi connectivity index (χ3v) is 2.71. The number of nitrogens with zero attached hydrogens (tertiary/aromatic N) is 1. The fourth-order valence-corrected chi connectivity index (χ4v) is 1.89. The van der Waals surface area contributed by atoms with Crippen molar-refractivity contribution in [1.82, 2.24) is 10.2 Å². The molecule has 0 aromatic rings. The molecule has 0 saturated carbocycles. The van der Waals surface area contributed by atoms with Gasteiger partial charge in [0.1, 0.15) is 0 Å². The fraction of sp³-hybridized carbons (Fsp3) is 0.900. The summed E-state index contributed by atoms with van der Waals surface area (Å²) in [5.74, 6) is 0.495. The lowest BCUT2D eigenvalue weighted by molar-refractivity contribution is -0.133. The Balaban J connectivity index is 2.47. The second kappa shape index (κ2) is 4.75. The molecule has 0 aromatic carbocycles. The van der Waals surface area contributed by atoms with Crippen molar-refractivity contribution in [2.24, 2.45) is 5.92 Å². The number of rotatable bonds is 3. The van der Waals surface area contributed by atoms with Gasteiger partial charge in [-0.3, -0.25) is 4.79 Å². The molecule has 4 nitrogen and oxygen atoms in total. The van der Waals surface area contributed by atoms with Crippen LogP contribution in [0.1, 0.15) is 20.3 Å². The van der Waals surface area contributed by atoms with Crippen molar-refractivity contribution in [1.29, 1.82) is 0 Å². The lowest BCUT2D eigenvalue weighted by atomic mass is 10.0. The van der Waals surface area contributed by atoms with Gasteiger partial charge in [-0.15, -0.1) is 0 Å². The smallest absolute Gasteiger partial charge is 0.239 e. The van der Waals surface area contributed by atoms with Crippen LogP contribution in [0.3, 0.4) is 0 Å². The van der Waals surface area contributed by atoms with E-state index >= 15 is 0 Å². The van der Waals surface area contributed by atoms with Crippen molar-refractivity contribution in [3.63, 3.8) is 0 Å². The van der Waals surface area contributed by atoms with E-state index in [0.717, 1.165) is 13.0 Å². The lowest BCUT2D eigenvalue weighted by Gasteiger charge is -2.24. The molecule has 14 heavy (non-hydrogen) atoms. The van der Waals surface area contributed by atoms with E-state index in [9.17, 15) is 4.79 Å². The maximum atomic E-state index is 11.8. The molecule has 0 aliphatic carbocycles. The van der Waals surface area contributed by atoms with Crippen LogP contribution in [0.5, 0.6) is 0 Å². The van der Waals surface area contributed by atoms with Gasteiger partial charge in [-0.25, -0.2) is 0 Å². The third kappa shape index (κ3) is 2.69. The topological polar surface area (TPSA) is 52.6 Å².